The molecule has 0 bridgehead atoms. The Balaban J connectivity index is 2.28. The van der Waals surface area contributed by atoms with Crippen LogP contribution in [0.1, 0.15) is 44.2 Å². The van der Waals surface area contributed by atoms with Crippen molar-refractivity contribution in [3.63, 3.8) is 0 Å². The van der Waals surface area contributed by atoms with Crippen LogP contribution in [-0.2, 0) is 5.41 Å². The molecule has 1 aromatic carbocycles. The van der Waals surface area contributed by atoms with Crippen LogP contribution < -0.4 is 10.1 Å². The largest absolute Gasteiger partial charge is 0.496 e. The van der Waals surface area contributed by atoms with Gasteiger partial charge in [-0.1, -0.05) is 38.0 Å². The van der Waals surface area contributed by atoms with Crippen molar-refractivity contribution >= 4 is 0 Å². The molecule has 1 aliphatic carbocycles. The highest BCUT2D eigenvalue weighted by atomic mass is 16.5. The fourth-order valence-electron chi connectivity index (χ4n) is 2.78. The standard InChI is InChI=1S/C16H25NO/c1-12(2)17-11-16(8-5-9-16)14-10-13(3)6-7-15(14)18-4/h6-7,10,12,17H,5,8-9,11H2,1-4H3. The van der Waals surface area contributed by atoms with Gasteiger partial charge in [-0.2, -0.15) is 0 Å². The summed E-state index contributed by atoms with van der Waals surface area (Å²) in [5, 5.41) is 3.60. The third kappa shape index (κ3) is 2.54. The Morgan fingerprint density at radius 3 is 2.56 bits per heavy atom. The van der Waals surface area contributed by atoms with Crippen LogP contribution in [0.2, 0.25) is 0 Å². The smallest absolute Gasteiger partial charge is 0.122 e. The van der Waals surface area contributed by atoms with Crippen LogP contribution in [0, 0.1) is 6.92 Å². The van der Waals surface area contributed by atoms with E-state index in [-0.39, 0.29) is 0 Å². The molecule has 0 heterocycles. The number of benzene rings is 1. The molecule has 0 atom stereocenters. The van der Waals surface area contributed by atoms with Crippen LogP contribution in [0.3, 0.4) is 0 Å². The van der Waals surface area contributed by atoms with Gasteiger partial charge in [-0.05, 0) is 25.8 Å². The van der Waals surface area contributed by atoms with Gasteiger partial charge in [0.1, 0.15) is 5.75 Å². The average Bonchev–Trinajstić information content (AvgIpc) is 2.27. The Kier molecular flexibility index (Phi) is 3.96. The van der Waals surface area contributed by atoms with E-state index >= 15 is 0 Å². The summed E-state index contributed by atoms with van der Waals surface area (Å²) in [6.45, 7) is 7.63. The lowest BCUT2D eigenvalue weighted by atomic mass is 9.64. The molecule has 0 aromatic heterocycles. The van der Waals surface area contributed by atoms with Crippen molar-refractivity contribution < 1.29 is 4.74 Å². The number of hydrogen-bond acceptors (Lipinski definition) is 2. The SMILES string of the molecule is COc1ccc(C)cc1C1(CNC(C)C)CCC1. The van der Waals surface area contributed by atoms with Gasteiger partial charge < -0.3 is 10.1 Å². The molecule has 0 spiro atoms. The Hall–Kier alpha value is -1.02. The number of ether oxygens (including phenoxy) is 1. The minimum absolute atomic E-state index is 0.293. The molecule has 1 aliphatic rings. The van der Waals surface area contributed by atoms with Crippen molar-refractivity contribution in [3.8, 4) is 5.75 Å². The molecule has 0 amide bonds. The van der Waals surface area contributed by atoms with E-state index in [0.717, 1.165) is 12.3 Å². The number of rotatable bonds is 5. The van der Waals surface area contributed by atoms with Crippen LogP contribution in [0.5, 0.6) is 5.75 Å². The van der Waals surface area contributed by atoms with Crippen molar-refractivity contribution in [2.75, 3.05) is 13.7 Å². The number of methoxy groups -OCH3 is 1. The third-order valence-electron chi connectivity index (χ3n) is 4.09. The first-order valence-corrected chi connectivity index (χ1v) is 6.96. The minimum Gasteiger partial charge on any atom is -0.496 e. The second kappa shape index (κ2) is 5.31. The molecule has 1 aromatic rings. The maximum atomic E-state index is 5.56. The molecule has 1 saturated carbocycles. The van der Waals surface area contributed by atoms with Gasteiger partial charge in [0.15, 0.2) is 0 Å². The summed E-state index contributed by atoms with van der Waals surface area (Å²) in [6, 6.07) is 7.09. The average molecular weight is 247 g/mol. The van der Waals surface area contributed by atoms with Crippen LogP contribution in [0.4, 0.5) is 0 Å². The topological polar surface area (TPSA) is 21.3 Å². The van der Waals surface area contributed by atoms with Gasteiger partial charge in [0.2, 0.25) is 0 Å². The predicted molar refractivity (Wildman–Crippen MR) is 76.4 cm³/mol. The first-order chi connectivity index (χ1) is 8.57. The molecule has 1 fully saturated rings. The molecule has 1 N–H and O–H groups in total. The Bertz CT molecular complexity index is 408. The predicted octanol–water partition coefficient (Wildman–Crippen LogP) is 3.42. The second-order valence-electron chi connectivity index (χ2n) is 5.87. The summed E-state index contributed by atoms with van der Waals surface area (Å²) in [5.41, 5.74) is 3.01. The quantitative estimate of drug-likeness (QED) is 0.861. The summed E-state index contributed by atoms with van der Waals surface area (Å²) in [4.78, 5) is 0. The zero-order valence-corrected chi connectivity index (χ0v) is 12.0. The van der Waals surface area contributed by atoms with Crippen LogP contribution >= 0.6 is 0 Å². The molecule has 0 saturated heterocycles. The number of aryl methyl sites for hydroxylation is 1. The van der Waals surface area contributed by atoms with E-state index in [1.807, 2.05) is 0 Å². The van der Waals surface area contributed by atoms with E-state index in [1.54, 1.807) is 7.11 Å². The molecular formula is C16H25NO. The van der Waals surface area contributed by atoms with E-state index in [2.05, 4.69) is 44.3 Å². The van der Waals surface area contributed by atoms with E-state index < -0.39 is 0 Å². The summed E-state index contributed by atoms with van der Waals surface area (Å²) in [7, 11) is 1.77. The van der Waals surface area contributed by atoms with E-state index in [9.17, 15) is 0 Å². The molecule has 0 aliphatic heterocycles. The molecule has 0 unspecified atom stereocenters. The summed E-state index contributed by atoms with van der Waals surface area (Å²) < 4.78 is 5.56. The van der Waals surface area contributed by atoms with Gasteiger partial charge >= 0.3 is 0 Å². The monoisotopic (exact) mass is 247 g/mol. The molecule has 2 heteroatoms. The molecule has 2 rings (SSSR count). The second-order valence-corrected chi connectivity index (χ2v) is 5.87. The fourth-order valence-corrected chi connectivity index (χ4v) is 2.78. The number of nitrogens with one attached hydrogen (secondary N) is 1. The van der Waals surface area contributed by atoms with Gasteiger partial charge in [-0.3, -0.25) is 0 Å². The summed E-state index contributed by atoms with van der Waals surface area (Å²) >= 11 is 0. The Morgan fingerprint density at radius 1 is 1.33 bits per heavy atom. The molecule has 100 valence electrons. The van der Waals surface area contributed by atoms with Crippen molar-refractivity contribution in [1.29, 1.82) is 0 Å². The van der Waals surface area contributed by atoms with Crippen molar-refractivity contribution in [2.24, 2.45) is 0 Å². The van der Waals surface area contributed by atoms with Crippen molar-refractivity contribution in [3.05, 3.63) is 29.3 Å². The molecule has 2 nitrogen and oxygen atoms in total. The van der Waals surface area contributed by atoms with Gasteiger partial charge in [0.25, 0.3) is 0 Å². The first-order valence-electron chi connectivity index (χ1n) is 6.96. The van der Waals surface area contributed by atoms with E-state index in [1.165, 1.54) is 30.4 Å². The third-order valence-corrected chi connectivity index (χ3v) is 4.09. The fraction of sp³-hybridized carbons (Fsp3) is 0.625. The lowest BCUT2D eigenvalue weighted by Gasteiger charge is -2.44. The zero-order chi connectivity index (χ0) is 13.2. The van der Waals surface area contributed by atoms with Crippen LogP contribution in [0.15, 0.2) is 18.2 Å². The Labute approximate surface area is 111 Å². The van der Waals surface area contributed by atoms with Crippen molar-refractivity contribution in [1.82, 2.24) is 5.32 Å². The lowest BCUT2D eigenvalue weighted by Crippen LogP contribution is -2.45. The normalized spacial score (nSPS) is 17.6. The number of hydrogen-bond donors (Lipinski definition) is 1. The van der Waals surface area contributed by atoms with Crippen molar-refractivity contribution in [2.45, 2.75) is 51.5 Å². The van der Waals surface area contributed by atoms with Gasteiger partial charge in [-0.15, -0.1) is 0 Å². The van der Waals surface area contributed by atoms with E-state index in [4.69, 9.17) is 4.74 Å². The highest BCUT2D eigenvalue weighted by Crippen LogP contribution is 2.47. The highest BCUT2D eigenvalue weighted by Gasteiger charge is 2.40. The van der Waals surface area contributed by atoms with Crippen LogP contribution in [-0.4, -0.2) is 19.7 Å². The summed E-state index contributed by atoms with van der Waals surface area (Å²) in [6.07, 6.45) is 3.87. The molecule has 18 heavy (non-hydrogen) atoms. The molecular weight excluding hydrogens is 222 g/mol. The van der Waals surface area contributed by atoms with Gasteiger partial charge in [-0.25, -0.2) is 0 Å². The summed E-state index contributed by atoms with van der Waals surface area (Å²) in [5.74, 6) is 1.05. The Morgan fingerprint density at radius 2 is 2.06 bits per heavy atom. The molecule has 0 radical (unpaired) electrons. The minimum atomic E-state index is 0.293. The zero-order valence-electron chi connectivity index (χ0n) is 12.0. The highest BCUT2D eigenvalue weighted by molar-refractivity contribution is 5.44. The maximum Gasteiger partial charge on any atom is 0.122 e. The van der Waals surface area contributed by atoms with E-state index in [0.29, 0.717) is 11.5 Å². The van der Waals surface area contributed by atoms with Gasteiger partial charge in [0, 0.05) is 23.6 Å². The first kappa shape index (κ1) is 13.4. The van der Waals surface area contributed by atoms with Gasteiger partial charge in [0.05, 0.1) is 7.11 Å². The maximum absolute atomic E-state index is 5.56. The lowest BCUT2D eigenvalue weighted by molar-refractivity contribution is 0.220. The van der Waals surface area contributed by atoms with Crippen LogP contribution in [0.25, 0.3) is 0 Å².